The van der Waals surface area contributed by atoms with Crippen LogP contribution >= 0.6 is 0 Å². The topological polar surface area (TPSA) is 72.9 Å². The summed E-state index contributed by atoms with van der Waals surface area (Å²) < 4.78 is 0. The minimum Gasteiger partial charge on any atom is -0.392 e. The summed E-state index contributed by atoms with van der Waals surface area (Å²) in [6.45, 7) is 9.57. The van der Waals surface area contributed by atoms with Crippen molar-refractivity contribution in [3.05, 3.63) is 35.4 Å². The maximum atomic E-state index is 12.7. The molecule has 0 saturated carbocycles. The van der Waals surface area contributed by atoms with Gasteiger partial charge in [0.1, 0.15) is 0 Å². The number of nitrogens with one attached hydrogen (secondary N) is 1. The molecular formula is C23H35N3O3. The molecule has 2 aliphatic heterocycles. The third-order valence-electron chi connectivity index (χ3n) is 6.35. The highest BCUT2D eigenvalue weighted by Crippen LogP contribution is 2.39. The average Bonchev–Trinajstić information content (AvgIpc) is 2.69. The van der Waals surface area contributed by atoms with Gasteiger partial charge in [0.15, 0.2) is 0 Å². The van der Waals surface area contributed by atoms with Gasteiger partial charge >= 0.3 is 0 Å². The molecule has 1 aromatic rings. The van der Waals surface area contributed by atoms with Crippen molar-refractivity contribution in [2.45, 2.75) is 52.7 Å². The smallest absolute Gasteiger partial charge is 0.241 e. The number of likely N-dealkylation sites (tertiary alicyclic amines) is 2. The number of carbonyl (C=O) groups excluding carboxylic acids is 2. The zero-order valence-corrected chi connectivity index (χ0v) is 18.0. The van der Waals surface area contributed by atoms with E-state index >= 15 is 0 Å². The molecule has 6 nitrogen and oxygen atoms in total. The quantitative estimate of drug-likeness (QED) is 0.791. The molecule has 6 heteroatoms. The van der Waals surface area contributed by atoms with Gasteiger partial charge in [-0.1, -0.05) is 43.7 Å². The first-order valence-electron chi connectivity index (χ1n) is 10.8. The first kappa shape index (κ1) is 21.8. The molecule has 0 aliphatic carbocycles. The number of carbonyl (C=O) groups is 2. The predicted octanol–water partition coefficient (Wildman–Crippen LogP) is 1.94. The maximum Gasteiger partial charge on any atom is 0.241 e. The van der Waals surface area contributed by atoms with Gasteiger partial charge in [0.2, 0.25) is 11.8 Å². The Labute approximate surface area is 174 Å². The van der Waals surface area contributed by atoms with Crippen molar-refractivity contribution in [1.82, 2.24) is 15.1 Å². The largest absolute Gasteiger partial charge is 0.392 e. The predicted molar refractivity (Wildman–Crippen MR) is 113 cm³/mol. The van der Waals surface area contributed by atoms with Crippen LogP contribution in [-0.4, -0.2) is 65.5 Å². The number of aryl methyl sites for hydroxylation is 1. The number of amides is 2. The van der Waals surface area contributed by atoms with Gasteiger partial charge < -0.3 is 15.3 Å². The van der Waals surface area contributed by atoms with Crippen LogP contribution in [0.3, 0.4) is 0 Å². The summed E-state index contributed by atoms with van der Waals surface area (Å²) in [6.07, 6.45) is 2.16. The van der Waals surface area contributed by atoms with Crippen LogP contribution in [0.1, 0.15) is 44.2 Å². The summed E-state index contributed by atoms with van der Waals surface area (Å²) in [5.41, 5.74) is 2.27. The van der Waals surface area contributed by atoms with Crippen LogP contribution in [0.5, 0.6) is 0 Å². The molecule has 0 radical (unpaired) electrons. The number of rotatable bonds is 5. The van der Waals surface area contributed by atoms with E-state index in [1.165, 1.54) is 11.1 Å². The van der Waals surface area contributed by atoms with E-state index in [1.807, 2.05) is 18.7 Å². The number of aliphatic hydroxyl groups excluding tert-OH is 1. The molecule has 2 heterocycles. The monoisotopic (exact) mass is 401 g/mol. The lowest BCUT2D eigenvalue weighted by atomic mass is 9.71. The molecule has 2 N–H and O–H groups in total. The fraction of sp³-hybridized carbons (Fsp3) is 0.652. The summed E-state index contributed by atoms with van der Waals surface area (Å²) in [5.74, 6) is -0.293. The second kappa shape index (κ2) is 9.26. The lowest BCUT2D eigenvalue weighted by molar-refractivity contribution is -0.142. The van der Waals surface area contributed by atoms with Gasteiger partial charge in [-0.3, -0.25) is 14.5 Å². The average molecular weight is 402 g/mol. The van der Waals surface area contributed by atoms with E-state index in [0.29, 0.717) is 13.1 Å². The van der Waals surface area contributed by atoms with Crippen LogP contribution in [0.4, 0.5) is 0 Å². The van der Waals surface area contributed by atoms with Crippen molar-refractivity contribution in [2.75, 3.05) is 32.7 Å². The second-order valence-corrected chi connectivity index (χ2v) is 9.16. The van der Waals surface area contributed by atoms with Crippen LogP contribution in [-0.2, 0) is 16.1 Å². The maximum absolute atomic E-state index is 12.7. The third-order valence-corrected chi connectivity index (χ3v) is 6.35. The number of nitrogens with zero attached hydrogens (tertiary/aromatic N) is 2. The number of hydrogen-bond acceptors (Lipinski definition) is 4. The summed E-state index contributed by atoms with van der Waals surface area (Å²) in [7, 11) is 0. The zero-order valence-electron chi connectivity index (χ0n) is 18.0. The molecule has 2 amide bonds. The lowest BCUT2D eigenvalue weighted by Gasteiger charge is -2.51. The molecule has 0 bridgehead atoms. The van der Waals surface area contributed by atoms with Crippen LogP contribution < -0.4 is 5.32 Å². The van der Waals surface area contributed by atoms with E-state index in [2.05, 4.69) is 41.4 Å². The van der Waals surface area contributed by atoms with E-state index < -0.39 is 6.10 Å². The van der Waals surface area contributed by atoms with Gasteiger partial charge in [0.25, 0.3) is 0 Å². The van der Waals surface area contributed by atoms with Crippen LogP contribution in [0.15, 0.2) is 24.3 Å². The summed E-state index contributed by atoms with van der Waals surface area (Å²) >= 11 is 0. The van der Waals surface area contributed by atoms with Crippen molar-refractivity contribution >= 4 is 11.8 Å². The Hall–Kier alpha value is -1.92. The van der Waals surface area contributed by atoms with Gasteiger partial charge in [-0.05, 0) is 31.7 Å². The molecule has 0 unspecified atom stereocenters. The molecule has 2 fully saturated rings. The van der Waals surface area contributed by atoms with Gasteiger partial charge in [0.05, 0.1) is 12.6 Å². The molecule has 160 valence electrons. The number of piperidine rings is 2. The number of aliphatic hydroxyl groups is 1. The molecule has 0 aromatic heterocycles. The van der Waals surface area contributed by atoms with Gasteiger partial charge in [-0.15, -0.1) is 0 Å². The Morgan fingerprint density at radius 1 is 1.28 bits per heavy atom. The van der Waals surface area contributed by atoms with Crippen LogP contribution in [0.2, 0.25) is 0 Å². The number of benzene rings is 1. The highest BCUT2D eigenvalue weighted by molar-refractivity contribution is 5.85. The fourth-order valence-corrected chi connectivity index (χ4v) is 4.70. The molecular weight excluding hydrogens is 366 g/mol. The molecule has 1 aromatic carbocycles. The molecule has 2 atom stereocenters. The third kappa shape index (κ3) is 5.37. The zero-order chi connectivity index (χ0) is 21.0. The van der Waals surface area contributed by atoms with E-state index in [9.17, 15) is 14.7 Å². The minimum atomic E-state index is -0.392. The van der Waals surface area contributed by atoms with Gasteiger partial charge in [-0.25, -0.2) is 0 Å². The fourth-order valence-electron chi connectivity index (χ4n) is 4.70. The Morgan fingerprint density at radius 2 is 2.07 bits per heavy atom. The van der Waals surface area contributed by atoms with Crippen LogP contribution in [0, 0.1) is 18.3 Å². The normalized spacial score (nSPS) is 25.4. The first-order chi connectivity index (χ1) is 13.8. The van der Waals surface area contributed by atoms with Crippen molar-refractivity contribution in [3.8, 4) is 0 Å². The first-order valence-corrected chi connectivity index (χ1v) is 10.8. The Bertz CT molecular complexity index is 736. The van der Waals surface area contributed by atoms with Crippen molar-refractivity contribution in [2.24, 2.45) is 11.3 Å². The SMILES string of the molecule is Cc1cccc(CN2CC[C@@H](O)[C@]3(CCCN(C(=O)CNC(=O)C(C)C)C3)C2)c1. The van der Waals surface area contributed by atoms with Crippen molar-refractivity contribution in [1.29, 1.82) is 0 Å². The Balaban J connectivity index is 1.63. The van der Waals surface area contributed by atoms with E-state index in [0.717, 1.165) is 38.9 Å². The Morgan fingerprint density at radius 3 is 2.79 bits per heavy atom. The van der Waals surface area contributed by atoms with E-state index in [-0.39, 0.29) is 29.7 Å². The standard InChI is InChI=1S/C23H35N3O3/c1-17(2)22(29)24-13-21(28)26-10-5-9-23(16-26)15-25(11-8-20(23)27)14-19-7-4-6-18(3)12-19/h4,6-7,12,17,20,27H,5,8-11,13-16H2,1-3H3,(H,24,29)/t20-,23-/m1/s1. The number of hydrogen-bond donors (Lipinski definition) is 2. The molecule has 1 spiro atoms. The van der Waals surface area contributed by atoms with Crippen molar-refractivity contribution < 1.29 is 14.7 Å². The van der Waals surface area contributed by atoms with Crippen molar-refractivity contribution in [3.63, 3.8) is 0 Å². The molecule has 29 heavy (non-hydrogen) atoms. The van der Waals surface area contributed by atoms with E-state index in [4.69, 9.17) is 0 Å². The van der Waals surface area contributed by atoms with Crippen LogP contribution in [0.25, 0.3) is 0 Å². The molecule has 2 aliphatic rings. The summed E-state index contributed by atoms with van der Waals surface area (Å²) in [6, 6.07) is 8.56. The highest BCUT2D eigenvalue weighted by atomic mass is 16.3. The summed E-state index contributed by atoms with van der Waals surface area (Å²) in [4.78, 5) is 28.7. The molecule has 3 rings (SSSR count). The molecule has 2 saturated heterocycles. The van der Waals surface area contributed by atoms with E-state index in [1.54, 1.807) is 0 Å². The minimum absolute atomic E-state index is 0.0379. The van der Waals surface area contributed by atoms with Gasteiger partial charge in [-0.2, -0.15) is 0 Å². The second-order valence-electron chi connectivity index (χ2n) is 9.16. The Kier molecular flexibility index (Phi) is 6.96. The van der Waals surface area contributed by atoms with Gasteiger partial charge in [0, 0.05) is 44.1 Å². The summed E-state index contributed by atoms with van der Waals surface area (Å²) in [5, 5.41) is 13.6. The lowest BCUT2D eigenvalue weighted by Crippen LogP contribution is -2.60. The highest BCUT2D eigenvalue weighted by Gasteiger charge is 2.46.